The maximum atomic E-state index is 8.98. The van der Waals surface area contributed by atoms with Crippen molar-refractivity contribution >= 4 is 23.0 Å². The van der Waals surface area contributed by atoms with Crippen molar-refractivity contribution in [2.45, 2.75) is 6.61 Å². The van der Waals surface area contributed by atoms with Crippen LogP contribution in [0, 0.1) is 0 Å². The molecule has 6 heteroatoms. The van der Waals surface area contributed by atoms with Crippen LogP contribution in [-0.2, 0) is 6.61 Å². The van der Waals surface area contributed by atoms with Crippen molar-refractivity contribution in [1.82, 2.24) is 10.2 Å². The number of aromatic nitrogens is 2. The average Bonchev–Trinajstić information content (AvgIpc) is 2.77. The molecule has 0 bridgehead atoms. The van der Waals surface area contributed by atoms with Gasteiger partial charge in [-0.15, -0.1) is 0 Å². The molecule has 0 spiro atoms. The third kappa shape index (κ3) is 2.61. The Morgan fingerprint density at radius 1 is 1.47 bits per heavy atom. The van der Waals surface area contributed by atoms with Crippen molar-refractivity contribution in [1.29, 1.82) is 0 Å². The van der Waals surface area contributed by atoms with Crippen molar-refractivity contribution in [3.05, 3.63) is 36.0 Å². The van der Waals surface area contributed by atoms with E-state index in [1.807, 2.05) is 24.3 Å². The number of para-hydroxylation sites is 1. The lowest BCUT2D eigenvalue weighted by Gasteiger charge is -2.08. The Balaban J connectivity index is 2.40. The molecule has 2 rings (SSSR count). The van der Waals surface area contributed by atoms with E-state index < -0.39 is 0 Å². The summed E-state index contributed by atoms with van der Waals surface area (Å²) in [5.41, 5.74) is 8.50. The van der Waals surface area contributed by atoms with Gasteiger partial charge in [-0.3, -0.25) is 5.10 Å². The number of rotatable bonds is 3. The first kappa shape index (κ1) is 11.6. The van der Waals surface area contributed by atoms with Gasteiger partial charge >= 0.3 is 0 Å². The number of thiocarbonyl (C=S) groups is 1. The number of nitrogens with zero attached hydrogens (tertiary/aromatic N) is 1. The summed E-state index contributed by atoms with van der Waals surface area (Å²) in [5.74, 6) is 0. The van der Waals surface area contributed by atoms with Gasteiger partial charge in [-0.1, -0.05) is 18.2 Å². The first-order valence-electron chi connectivity index (χ1n) is 5.01. The number of benzene rings is 1. The summed E-state index contributed by atoms with van der Waals surface area (Å²) in [5, 5.41) is 18.9. The van der Waals surface area contributed by atoms with Gasteiger partial charge in [0.25, 0.3) is 0 Å². The fraction of sp³-hybridized carbons (Fsp3) is 0.0909. The Labute approximate surface area is 104 Å². The molecule has 0 radical (unpaired) electrons. The van der Waals surface area contributed by atoms with Crippen molar-refractivity contribution < 1.29 is 5.11 Å². The molecule has 0 fully saturated rings. The van der Waals surface area contributed by atoms with E-state index in [1.54, 1.807) is 6.07 Å². The maximum absolute atomic E-state index is 8.98. The van der Waals surface area contributed by atoms with E-state index >= 15 is 0 Å². The van der Waals surface area contributed by atoms with Crippen molar-refractivity contribution in [2.75, 3.05) is 5.32 Å². The van der Waals surface area contributed by atoms with Crippen LogP contribution in [0.25, 0.3) is 11.3 Å². The second kappa shape index (κ2) is 4.94. The van der Waals surface area contributed by atoms with Gasteiger partial charge < -0.3 is 16.2 Å². The SMILES string of the molecule is NC(=S)Nc1ccccc1-c1cc(CO)[nH]n1. The van der Waals surface area contributed by atoms with Gasteiger partial charge in [0, 0.05) is 11.3 Å². The van der Waals surface area contributed by atoms with Gasteiger partial charge in [-0.2, -0.15) is 5.10 Å². The number of anilines is 1. The van der Waals surface area contributed by atoms with Crippen molar-refractivity contribution in [3.8, 4) is 11.3 Å². The number of aliphatic hydroxyl groups is 1. The summed E-state index contributed by atoms with van der Waals surface area (Å²) < 4.78 is 0. The molecule has 0 saturated heterocycles. The van der Waals surface area contributed by atoms with E-state index in [9.17, 15) is 0 Å². The van der Waals surface area contributed by atoms with Crippen molar-refractivity contribution in [3.63, 3.8) is 0 Å². The number of hydrogen-bond donors (Lipinski definition) is 4. The second-order valence-electron chi connectivity index (χ2n) is 3.47. The Hall–Kier alpha value is -1.92. The Morgan fingerprint density at radius 3 is 2.88 bits per heavy atom. The Bertz CT molecular complexity index is 538. The highest BCUT2D eigenvalue weighted by Crippen LogP contribution is 2.26. The van der Waals surface area contributed by atoms with Crippen LogP contribution in [0.2, 0.25) is 0 Å². The Morgan fingerprint density at radius 2 is 2.24 bits per heavy atom. The van der Waals surface area contributed by atoms with E-state index in [1.165, 1.54) is 0 Å². The molecule has 88 valence electrons. The molecule has 0 aliphatic heterocycles. The number of aromatic amines is 1. The van der Waals surface area contributed by atoms with Gasteiger partial charge in [0.15, 0.2) is 5.11 Å². The molecule has 0 saturated carbocycles. The fourth-order valence-corrected chi connectivity index (χ4v) is 1.64. The van der Waals surface area contributed by atoms with E-state index in [4.69, 9.17) is 23.1 Å². The van der Waals surface area contributed by atoms with Crippen LogP contribution < -0.4 is 11.1 Å². The summed E-state index contributed by atoms with van der Waals surface area (Å²) in [6.07, 6.45) is 0. The maximum Gasteiger partial charge on any atom is 0.168 e. The minimum atomic E-state index is -0.0715. The highest BCUT2D eigenvalue weighted by molar-refractivity contribution is 7.80. The largest absolute Gasteiger partial charge is 0.390 e. The summed E-state index contributed by atoms with van der Waals surface area (Å²) >= 11 is 4.81. The van der Waals surface area contributed by atoms with Crippen LogP contribution in [-0.4, -0.2) is 20.4 Å². The molecule has 0 aliphatic rings. The molecular formula is C11H12N4OS. The van der Waals surface area contributed by atoms with E-state index in [0.29, 0.717) is 5.69 Å². The monoisotopic (exact) mass is 248 g/mol. The lowest BCUT2D eigenvalue weighted by Crippen LogP contribution is -2.19. The molecule has 1 aromatic carbocycles. The molecule has 0 atom stereocenters. The molecule has 0 aliphatic carbocycles. The molecule has 5 nitrogen and oxygen atoms in total. The molecule has 17 heavy (non-hydrogen) atoms. The molecule has 2 aromatic rings. The summed E-state index contributed by atoms with van der Waals surface area (Å²) in [7, 11) is 0. The number of H-pyrrole nitrogens is 1. The minimum Gasteiger partial charge on any atom is -0.390 e. The third-order valence-corrected chi connectivity index (χ3v) is 2.36. The lowest BCUT2D eigenvalue weighted by atomic mass is 10.1. The molecule has 0 unspecified atom stereocenters. The third-order valence-electron chi connectivity index (χ3n) is 2.26. The summed E-state index contributed by atoms with van der Waals surface area (Å²) in [4.78, 5) is 0. The van der Waals surface area contributed by atoms with Crippen LogP contribution in [0.1, 0.15) is 5.69 Å². The molecule has 1 heterocycles. The topological polar surface area (TPSA) is 87.0 Å². The summed E-state index contributed by atoms with van der Waals surface area (Å²) in [6.45, 7) is -0.0715. The van der Waals surface area contributed by atoms with Crippen LogP contribution in [0.5, 0.6) is 0 Å². The molecule has 5 N–H and O–H groups in total. The first-order valence-corrected chi connectivity index (χ1v) is 5.42. The van der Waals surface area contributed by atoms with Crippen molar-refractivity contribution in [2.24, 2.45) is 5.73 Å². The Kier molecular flexibility index (Phi) is 3.36. The van der Waals surface area contributed by atoms with Gasteiger partial charge in [0.2, 0.25) is 0 Å². The second-order valence-corrected chi connectivity index (χ2v) is 3.91. The van der Waals surface area contributed by atoms with E-state index in [0.717, 1.165) is 16.9 Å². The quantitative estimate of drug-likeness (QED) is 0.614. The molecule has 0 amide bonds. The molecule has 1 aromatic heterocycles. The zero-order chi connectivity index (χ0) is 12.3. The molecular weight excluding hydrogens is 236 g/mol. The van der Waals surface area contributed by atoms with Gasteiger partial charge in [0.1, 0.15) is 0 Å². The predicted molar refractivity (Wildman–Crippen MR) is 70.4 cm³/mol. The predicted octanol–water partition coefficient (Wildman–Crippen LogP) is 1.22. The van der Waals surface area contributed by atoms with Crippen LogP contribution in [0.15, 0.2) is 30.3 Å². The number of hydrogen-bond acceptors (Lipinski definition) is 3. The van der Waals surface area contributed by atoms with Gasteiger partial charge in [-0.05, 0) is 24.4 Å². The first-order chi connectivity index (χ1) is 8.20. The zero-order valence-corrected chi connectivity index (χ0v) is 9.79. The highest BCUT2D eigenvalue weighted by atomic mass is 32.1. The average molecular weight is 248 g/mol. The van der Waals surface area contributed by atoms with Crippen LogP contribution >= 0.6 is 12.2 Å². The minimum absolute atomic E-state index is 0.0715. The number of nitrogens with two attached hydrogens (primary N) is 1. The lowest BCUT2D eigenvalue weighted by molar-refractivity contribution is 0.276. The van der Waals surface area contributed by atoms with Crippen LogP contribution in [0.3, 0.4) is 0 Å². The zero-order valence-electron chi connectivity index (χ0n) is 8.97. The highest BCUT2D eigenvalue weighted by Gasteiger charge is 2.08. The van der Waals surface area contributed by atoms with E-state index in [-0.39, 0.29) is 11.7 Å². The smallest absolute Gasteiger partial charge is 0.168 e. The standard InChI is InChI=1S/C11H12N4OS/c12-11(17)13-9-4-2-1-3-8(9)10-5-7(6-16)14-15-10/h1-5,16H,6H2,(H,14,15)(H3,12,13,17). The number of aliphatic hydroxyl groups excluding tert-OH is 1. The van der Waals surface area contributed by atoms with Crippen LogP contribution in [0.4, 0.5) is 5.69 Å². The van der Waals surface area contributed by atoms with E-state index in [2.05, 4.69) is 15.5 Å². The number of nitrogens with one attached hydrogen (secondary N) is 2. The summed E-state index contributed by atoms with van der Waals surface area (Å²) in [6, 6.07) is 9.32. The normalized spacial score (nSPS) is 10.2. The fourth-order valence-electron chi connectivity index (χ4n) is 1.53. The van der Waals surface area contributed by atoms with Gasteiger partial charge in [0.05, 0.1) is 18.0 Å². The van der Waals surface area contributed by atoms with Gasteiger partial charge in [-0.25, -0.2) is 0 Å².